The van der Waals surface area contributed by atoms with Crippen molar-refractivity contribution in [3.05, 3.63) is 48.3 Å². The second kappa shape index (κ2) is 12.3. The molecule has 12 heteroatoms. The molecule has 38 heavy (non-hydrogen) atoms. The molecule has 1 N–H and O–H groups in total. The van der Waals surface area contributed by atoms with E-state index in [9.17, 15) is 8.42 Å². The summed E-state index contributed by atoms with van der Waals surface area (Å²) in [7, 11) is -0.680. The summed E-state index contributed by atoms with van der Waals surface area (Å²) >= 11 is 3.82. The van der Waals surface area contributed by atoms with E-state index in [1.165, 1.54) is 28.1 Å². The molecule has 1 aromatic carbocycles. The van der Waals surface area contributed by atoms with Crippen molar-refractivity contribution in [1.29, 1.82) is 0 Å². The van der Waals surface area contributed by atoms with Crippen molar-refractivity contribution >= 4 is 55.2 Å². The average Bonchev–Trinajstić information content (AvgIpc) is 3.58. The number of aromatic nitrogens is 2. The molecule has 5 rings (SSSR count). The van der Waals surface area contributed by atoms with Crippen molar-refractivity contribution in [2.45, 2.75) is 16.7 Å². The summed E-state index contributed by atoms with van der Waals surface area (Å²) in [6.45, 7) is 5.15. The molecule has 0 aliphatic carbocycles. The van der Waals surface area contributed by atoms with Crippen LogP contribution in [0, 0.1) is 0 Å². The number of thioether (sulfide) groups is 2. The van der Waals surface area contributed by atoms with Gasteiger partial charge in [0.2, 0.25) is 0 Å². The molecule has 1 unspecified atom stereocenters. The number of hydrogen-bond acceptors (Lipinski definition) is 9. The van der Waals surface area contributed by atoms with Crippen molar-refractivity contribution in [3.63, 3.8) is 0 Å². The molecular formula is C26H33N5O4S3. The van der Waals surface area contributed by atoms with E-state index in [4.69, 9.17) is 14.5 Å². The zero-order valence-corrected chi connectivity index (χ0v) is 24.1. The first-order valence-corrected chi connectivity index (χ1v) is 16.1. The molecule has 0 saturated carbocycles. The van der Waals surface area contributed by atoms with Crippen LogP contribution in [0.5, 0.6) is 5.75 Å². The zero-order valence-electron chi connectivity index (χ0n) is 21.6. The van der Waals surface area contributed by atoms with E-state index < -0.39 is 10.0 Å². The van der Waals surface area contributed by atoms with Crippen LogP contribution >= 0.6 is 23.5 Å². The Bertz CT molecular complexity index is 1370. The summed E-state index contributed by atoms with van der Waals surface area (Å²) in [5.41, 5.74) is 2.10. The first kappa shape index (κ1) is 27.3. The lowest BCUT2D eigenvalue weighted by molar-refractivity contribution is 0.172. The van der Waals surface area contributed by atoms with Crippen LogP contribution in [0.4, 0.5) is 5.69 Å². The van der Waals surface area contributed by atoms with Gasteiger partial charge < -0.3 is 19.4 Å². The topological polar surface area (TPSA) is 100 Å². The Balaban J connectivity index is 1.43. The molecule has 204 valence electrons. The number of anilines is 1. The van der Waals surface area contributed by atoms with Gasteiger partial charge in [0.25, 0.3) is 10.0 Å². The SMILES string of the molecule is COCCCOc1cc(N(C)S(=O)(=O)c2ccccn2)c2[nH]c(C3=NCC(CN4CCSCC4)S3)cc2c1. The largest absolute Gasteiger partial charge is 0.493 e. The minimum Gasteiger partial charge on any atom is -0.493 e. The fourth-order valence-corrected chi connectivity index (χ4v) is 7.78. The van der Waals surface area contributed by atoms with Crippen LogP contribution in [0.2, 0.25) is 0 Å². The highest BCUT2D eigenvalue weighted by Crippen LogP contribution is 2.36. The summed E-state index contributed by atoms with van der Waals surface area (Å²) in [6.07, 6.45) is 2.21. The fourth-order valence-electron chi connectivity index (χ4n) is 4.54. The maximum atomic E-state index is 13.4. The van der Waals surface area contributed by atoms with Crippen molar-refractivity contribution in [2.75, 3.05) is 69.4 Å². The van der Waals surface area contributed by atoms with E-state index in [0.29, 0.717) is 35.4 Å². The molecule has 0 spiro atoms. The summed E-state index contributed by atoms with van der Waals surface area (Å²) in [6, 6.07) is 10.6. The molecule has 0 radical (unpaired) electrons. The summed E-state index contributed by atoms with van der Waals surface area (Å²) in [4.78, 5) is 14.9. The van der Waals surface area contributed by atoms with Gasteiger partial charge in [-0.1, -0.05) is 17.8 Å². The number of aliphatic imine (C=N–C) groups is 1. The number of benzene rings is 1. The third kappa shape index (κ3) is 6.15. The van der Waals surface area contributed by atoms with E-state index in [2.05, 4.69) is 14.9 Å². The third-order valence-electron chi connectivity index (χ3n) is 6.56. The number of pyridine rings is 1. The maximum Gasteiger partial charge on any atom is 0.281 e. The van der Waals surface area contributed by atoms with Gasteiger partial charge in [0, 0.05) is 81.2 Å². The lowest BCUT2D eigenvalue weighted by atomic mass is 10.2. The molecule has 1 atom stereocenters. The molecule has 2 aromatic heterocycles. The van der Waals surface area contributed by atoms with Crippen LogP contribution < -0.4 is 9.04 Å². The van der Waals surface area contributed by atoms with Crippen LogP contribution in [0.15, 0.2) is 52.6 Å². The normalized spacial score (nSPS) is 18.6. The van der Waals surface area contributed by atoms with Crippen LogP contribution in [0.1, 0.15) is 12.1 Å². The molecular weight excluding hydrogens is 543 g/mol. The quantitative estimate of drug-likeness (QED) is 0.346. The first-order chi connectivity index (χ1) is 18.5. The molecule has 0 amide bonds. The lowest BCUT2D eigenvalue weighted by Crippen LogP contribution is -2.37. The smallest absolute Gasteiger partial charge is 0.281 e. The monoisotopic (exact) mass is 575 g/mol. The van der Waals surface area contributed by atoms with Gasteiger partial charge in [-0.05, 0) is 24.3 Å². The molecule has 1 saturated heterocycles. The number of ether oxygens (including phenoxy) is 2. The number of hydrogen-bond donors (Lipinski definition) is 1. The number of sulfonamides is 1. The Kier molecular flexibility index (Phi) is 8.84. The number of aromatic amines is 1. The van der Waals surface area contributed by atoms with Crippen molar-refractivity contribution in [3.8, 4) is 5.75 Å². The first-order valence-electron chi connectivity index (χ1n) is 12.7. The highest BCUT2D eigenvalue weighted by molar-refractivity contribution is 8.15. The predicted molar refractivity (Wildman–Crippen MR) is 157 cm³/mol. The molecule has 4 heterocycles. The number of nitrogens with one attached hydrogen (secondary N) is 1. The number of rotatable bonds is 11. The maximum absolute atomic E-state index is 13.4. The highest BCUT2D eigenvalue weighted by atomic mass is 32.2. The molecule has 0 bridgehead atoms. The molecule has 3 aromatic rings. The van der Waals surface area contributed by atoms with Crippen molar-refractivity contribution in [1.82, 2.24) is 14.9 Å². The number of methoxy groups -OCH3 is 1. The predicted octanol–water partition coefficient (Wildman–Crippen LogP) is 3.71. The van der Waals surface area contributed by atoms with Gasteiger partial charge in [-0.3, -0.25) is 9.30 Å². The van der Waals surface area contributed by atoms with Gasteiger partial charge >= 0.3 is 0 Å². The Morgan fingerprint density at radius 3 is 2.79 bits per heavy atom. The van der Waals surface area contributed by atoms with Crippen LogP contribution in [-0.4, -0.2) is 98.6 Å². The Hall–Kier alpha value is -2.25. The van der Waals surface area contributed by atoms with Crippen molar-refractivity contribution in [2.24, 2.45) is 4.99 Å². The van der Waals surface area contributed by atoms with E-state index >= 15 is 0 Å². The van der Waals surface area contributed by atoms with Gasteiger partial charge in [0.1, 0.15) is 10.8 Å². The highest BCUT2D eigenvalue weighted by Gasteiger charge is 2.28. The minimum absolute atomic E-state index is 0.0106. The van der Waals surface area contributed by atoms with Gasteiger partial charge in [0.15, 0.2) is 5.03 Å². The molecule has 2 aliphatic heterocycles. The Morgan fingerprint density at radius 1 is 1.18 bits per heavy atom. The van der Waals surface area contributed by atoms with Gasteiger partial charge in [0.05, 0.1) is 30.0 Å². The van der Waals surface area contributed by atoms with Gasteiger partial charge in [-0.2, -0.15) is 20.2 Å². The fraction of sp³-hybridized carbons (Fsp3) is 0.462. The zero-order chi connectivity index (χ0) is 26.5. The summed E-state index contributed by atoms with van der Waals surface area (Å²) in [5.74, 6) is 2.99. The van der Waals surface area contributed by atoms with Crippen molar-refractivity contribution < 1.29 is 17.9 Å². The van der Waals surface area contributed by atoms with E-state index in [1.54, 1.807) is 44.1 Å². The molecule has 1 fully saturated rings. The summed E-state index contributed by atoms with van der Waals surface area (Å²) in [5, 5.41) is 2.23. The average molecular weight is 576 g/mol. The summed E-state index contributed by atoms with van der Waals surface area (Å²) < 4.78 is 39.3. The lowest BCUT2D eigenvalue weighted by Gasteiger charge is -2.28. The Labute approximate surface area is 232 Å². The van der Waals surface area contributed by atoms with Crippen LogP contribution in [0.3, 0.4) is 0 Å². The number of H-pyrrole nitrogens is 1. The second-order valence-electron chi connectivity index (χ2n) is 9.22. The number of nitrogens with zero attached hydrogens (tertiary/aromatic N) is 4. The second-order valence-corrected chi connectivity index (χ2v) is 13.7. The van der Waals surface area contributed by atoms with Gasteiger partial charge in [-0.25, -0.2) is 4.98 Å². The molecule has 9 nitrogen and oxygen atoms in total. The standard InChI is InChI=1S/C26H33N5O4S3/c1-30(38(32,33)24-6-3-4-7-27-24)23-16-20(35-11-5-10-34-2)14-19-15-22(29-25(19)23)26-28-17-21(37-26)18-31-8-12-36-13-9-31/h3-4,6-7,14-16,21,29H,5,8-13,17-18H2,1-2H3. The minimum atomic E-state index is -3.88. The Morgan fingerprint density at radius 2 is 2.03 bits per heavy atom. The van der Waals surface area contributed by atoms with E-state index in [-0.39, 0.29) is 5.03 Å². The van der Waals surface area contributed by atoms with Gasteiger partial charge in [-0.15, -0.1) is 0 Å². The van der Waals surface area contributed by atoms with Crippen LogP contribution in [0.25, 0.3) is 10.9 Å². The third-order valence-corrected chi connectivity index (χ3v) is 10.4. The van der Waals surface area contributed by atoms with E-state index in [1.807, 2.05) is 23.9 Å². The number of fused-ring (bicyclic) bond motifs is 1. The van der Waals surface area contributed by atoms with Crippen LogP contribution in [-0.2, 0) is 14.8 Å². The van der Waals surface area contributed by atoms with E-state index in [0.717, 1.165) is 48.7 Å². The molecule has 2 aliphatic rings.